The van der Waals surface area contributed by atoms with Gasteiger partial charge in [-0.25, -0.2) is 14.4 Å². The molecule has 2 aromatic rings. The molecule has 1 heterocycles. The summed E-state index contributed by atoms with van der Waals surface area (Å²) in [5.41, 5.74) is 2.32. The van der Waals surface area contributed by atoms with Crippen LogP contribution in [0.4, 0.5) is 10.3 Å². The molecule has 0 aliphatic heterocycles. The van der Waals surface area contributed by atoms with Gasteiger partial charge in [0.15, 0.2) is 5.82 Å². The maximum absolute atomic E-state index is 13.8. The van der Waals surface area contributed by atoms with Crippen molar-refractivity contribution in [3.63, 3.8) is 0 Å². The summed E-state index contributed by atoms with van der Waals surface area (Å²) in [4.78, 5) is 9.19. The zero-order chi connectivity index (χ0) is 14.5. The minimum absolute atomic E-state index is 0.352. The fourth-order valence-electron chi connectivity index (χ4n) is 1.76. The number of nitrogens with one attached hydrogen (secondary N) is 1. The Hall–Kier alpha value is -1.62. The quantitative estimate of drug-likeness (QED) is 0.838. The molecule has 0 saturated carbocycles. The first-order valence-corrected chi connectivity index (χ1v) is 7.43. The summed E-state index contributed by atoms with van der Waals surface area (Å²) in [5, 5.41) is 3.42. The number of anilines is 1. The number of aromatic nitrogens is 2. The molecular formula is C15H18FN3S. The van der Waals surface area contributed by atoms with Gasteiger partial charge in [0, 0.05) is 11.4 Å². The van der Waals surface area contributed by atoms with Crippen LogP contribution in [-0.2, 0) is 0 Å². The molecule has 0 bridgehead atoms. The van der Waals surface area contributed by atoms with E-state index in [1.54, 1.807) is 0 Å². The molecular weight excluding hydrogens is 273 g/mol. The van der Waals surface area contributed by atoms with Crippen LogP contribution in [0.3, 0.4) is 0 Å². The van der Waals surface area contributed by atoms with Gasteiger partial charge in [0.25, 0.3) is 0 Å². The van der Waals surface area contributed by atoms with Crippen molar-refractivity contribution in [2.24, 2.45) is 0 Å². The third-order valence-electron chi connectivity index (χ3n) is 2.78. The van der Waals surface area contributed by atoms with Gasteiger partial charge in [-0.05, 0) is 31.9 Å². The van der Waals surface area contributed by atoms with Crippen LogP contribution in [0.1, 0.15) is 24.5 Å². The highest BCUT2D eigenvalue weighted by Crippen LogP contribution is 2.31. The van der Waals surface area contributed by atoms with Gasteiger partial charge >= 0.3 is 0 Å². The summed E-state index contributed by atoms with van der Waals surface area (Å²) in [6.07, 6.45) is 2.19. The van der Waals surface area contributed by atoms with E-state index in [1.807, 2.05) is 26.0 Å². The van der Waals surface area contributed by atoms with Crippen molar-refractivity contribution in [3.05, 3.63) is 41.3 Å². The van der Waals surface area contributed by atoms with Crippen molar-refractivity contribution in [1.82, 2.24) is 9.97 Å². The molecule has 5 heteroatoms. The summed E-state index contributed by atoms with van der Waals surface area (Å²) in [7, 11) is 0. The second-order valence-electron chi connectivity index (χ2n) is 4.64. The van der Waals surface area contributed by atoms with Gasteiger partial charge in [0.2, 0.25) is 5.95 Å². The predicted octanol–water partition coefficient (Wildman–Crippen LogP) is 4.21. The Morgan fingerprint density at radius 2 is 2.10 bits per heavy atom. The molecule has 0 fully saturated rings. The average molecular weight is 291 g/mol. The number of nitrogens with zero attached hydrogens (tertiary/aromatic N) is 2. The Morgan fingerprint density at radius 3 is 2.80 bits per heavy atom. The maximum atomic E-state index is 13.8. The van der Waals surface area contributed by atoms with E-state index >= 15 is 0 Å². The molecule has 0 saturated heterocycles. The molecule has 3 nitrogen and oxygen atoms in total. The molecule has 0 spiro atoms. The molecule has 1 N–H and O–H groups in total. The van der Waals surface area contributed by atoms with Gasteiger partial charge in [0.1, 0.15) is 5.03 Å². The summed E-state index contributed by atoms with van der Waals surface area (Å²) < 4.78 is 13.8. The van der Waals surface area contributed by atoms with Crippen molar-refractivity contribution < 1.29 is 4.39 Å². The highest BCUT2D eigenvalue weighted by molar-refractivity contribution is 7.99. The third kappa shape index (κ3) is 3.70. The first-order chi connectivity index (χ1) is 9.60. The molecule has 2 rings (SSSR count). The lowest BCUT2D eigenvalue weighted by Gasteiger charge is -2.08. The van der Waals surface area contributed by atoms with Crippen LogP contribution in [0.5, 0.6) is 0 Å². The topological polar surface area (TPSA) is 37.8 Å². The number of halogens is 1. The first-order valence-electron chi connectivity index (χ1n) is 6.61. The van der Waals surface area contributed by atoms with Crippen LogP contribution in [0.15, 0.2) is 34.3 Å². The lowest BCUT2D eigenvalue weighted by molar-refractivity contribution is 0.579. The van der Waals surface area contributed by atoms with Crippen molar-refractivity contribution in [2.45, 2.75) is 37.1 Å². The molecule has 1 aromatic carbocycles. The second kappa shape index (κ2) is 6.70. The van der Waals surface area contributed by atoms with Crippen LogP contribution in [0.25, 0.3) is 0 Å². The van der Waals surface area contributed by atoms with Crippen LogP contribution in [-0.4, -0.2) is 16.5 Å². The molecule has 106 valence electrons. The Balaban J connectivity index is 2.23. The highest BCUT2D eigenvalue weighted by Gasteiger charge is 2.10. The van der Waals surface area contributed by atoms with Crippen LogP contribution in [0, 0.1) is 19.7 Å². The molecule has 20 heavy (non-hydrogen) atoms. The van der Waals surface area contributed by atoms with E-state index in [-0.39, 0.29) is 0 Å². The Labute approximate surface area is 123 Å². The van der Waals surface area contributed by atoms with E-state index in [0.717, 1.165) is 23.4 Å². The van der Waals surface area contributed by atoms with Gasteiger partial charge in [0.05, 0.1) is 6.20 Å². The summed E-state index contributed by atoms with van der Waals surface area (Å²) >= 11 is 1.33. The summed E-state index contributed by atoms with van der Waals surface area (Å²) in [6, 6.07) is 6.10. The molecule has 0 radical (unpaired) electrons. The Kier molecular flexibility index (Phi) is 4.95. The average Bonchev–Trinajstić information content (AvgIpc) is 2.42. The highest BCUT2D eigenvalue weighted by atomic mass is 32.2. The fraction of sp³-hybridized carbons (Fsp3) is 0.333. The number of hydrogen-bond acceptors (Lipinski definition) is 4. The Morgan fingerprint density at radius 1 is 1.30 bits per heavy atom. The molecule has 0 amide bonds. The Bertz CT molecular complexity index is 602. The molecule has 0 aliphatic rings. The smallest absolute Gasteiger partial charge is 0.223 e. The van der Waals surface area contributed by atoms with Gasteiger partial charge in [-0.3, -0.25) is 0 Å². The van der Waals surface area contributed by atoms with Gasteiger partial charge in [-0.1, -0.05) is 36.4 Å². The summed E-state index contributed by atoms with van der Waals surface area (Å²) in [5.74, 6) is 0.0811. The number of hydrogen-bond donors (Lipinski definition) is 1. The minimum atomic E-state index is -0.392. The van der Waals surface area contributed by atoms with Gasteiger partial charge in [-0.2, -0.15) is 0 Å². The van der Waals surface area contributed by atoms with Crippen molar-refractivity contribution in [2.75, 3.05) is 11.9 Å². The zero-order valence-electron chi connectivity index (χ0n) is 11.9. The lowest BCUT2D eigenvalue weighted by atomic mass is 10.2. The minimum Gasteiger partial charge on any atom is -0.354 e. The maximum Gasteiger partial charge on any atom is 0.223 e. The van der Waals surface area contributed by atoms with Crippen LogP contribution >= 0.6 is 11.8 Å². The van der Waals surface area contributed by atoms with E-state index in [4.69, 9.17) is 0 Å². The molecule has 0 atom stereocenters. The van der Waals surface area contributed by atoms with E-state index in [1.165, 1.54) is 23.5 Å². The summed E-state index contributed by atoms with van der Waals surface area (Å²) in [6.45, 7) is 6.89. The van der Waals surface area contributed by atoms with Crippen molar-refractivity contribution >= 4 is 17.7 Å². The van der Waals surface area contributed by atoms with E-state index in [9.17, 15) is 4.39 Å². The number of benzene rings is 1. The third-order valence-corrected chi connectivity index (χ3v) is 3.94. The van der Waals surface area contributed by atoms with Gasteiger partial charge < -0.3 is 5.32 Å². The monoisotopic (exact) mass is 291 g/mol. The number of rotatable bonds is 5. The lowest BCUT2D eigenvalue weighted by Crippen LogP contribution is -2.05. The second-order valence-corrected chi connectivity index (χ2v) is 5.68. The number of aryl methyl sites for hydroxylation is 2. The largest absolute Gasteiger partial charge is 0.354 e. The van der Waals surface area contributed by atoms with E-state index in [0.29, 0.717) is 11.0 Å². The van der Waals surface area contributed by atoms with Crippen molar-refractivity contribution in [3.8, 4) is 0 Å². The van der Waals surface area contributed by atoms with E-state index < -0.39 is 5.82 Å². The SMILES string of the molecule is CCCNc1ncc(F)c(Sc2ccc(C)cc2C)n1. The molecule has 1 aromatic heterocycles. The van der Waals surface area contributed by atoms with Crippen molar-refractivity contribution in [1.29, 1.82) is 0 Å². The first kappa shape index (κ1) is 14.8. The zero-order valence-corrected chi connectivity index (χ0v) is 12.7. The molecule has 0 unspecified atom stereocenters. The standard InChI is InChI=1S/C15H18FN3S/c1-4-7-17-15-18-9-12(16)14(19-15)20-13-6-5-10(2)8-11(13)3/h5-6,8-9H,4,7H2,1-3H3,(H,17,18,19). The van der Waals surface area contributed by atoms with Gasteiger partial charge in [-0.15, -0.1) is 0 Å². The van der Waals surface area contributed by atoms with E-state index in [2.05, 4.69) is 28.3 Å². The predicted molar refractivity (Wildman–Crippen MR) is 80.8 cm³/mol. The van der Waals surface area contributed by atoms with Crippen LogP contribution in [0.2, 0.25) is 0 Å². The fourth-order valence-corrected chi connectivity index (χ4v) is 2.61. The molecule has 0 aliphatic carbocycles. The van der Waals surface area contributed by atoms with Crippen LogP contribution < -0.4 is 5.32 Å². The normalized spacial score (nSPS) is 10.6.